The molecular weight excluding hydrogens is 196 g/mol. The lowest BCUT2D eigenvalue weighted by Crippen LogP contribution is -2.39. The maximum absolute atomic E-state index is 11.1. The van der Waals surface area contributed by atoms with Crippen molar-refractivity contribution in [2.45, 2.75) is 13.8 Å². The number of hydrogen-bond donors (Lipinski definition) is 2. The highest BCUT2D eigenvalue weighted by molar-refractivity contribution is 5.81. The van der Waals surface area contributed by atoms with E-state index in [-0.39, 0.29) is 12.6 Å². The summed E-state index contributed by atoms with van der Waals surface area (Å²) in [6.45, 7) is 8.33. The maximum Gasteiger partial charge on any atom is 0.330 e. The van der Waals surface area contributed by atoms with Crippen LogP contribution in [0.1, 0.15) is 13.8 Å². The number of carbonyl (C=O) groups excluding carboxylic acids is 2. The van der Waals surface area contributed by atoms with Crippen molar-refractivity contribution in [3.05, 3.63) is 12.7 Å². The van der Waals surface area contributed by atoms with Gasteiger partial charge in [0.05, 0.1) is 6.54 Å². The molecule has 0 saturated carbocycles. The minimum absolute atomic E-state index is 0.153. The van der Waals surface area contributed by atoms with Crippen LogP contribution < -0.4 is 10.6 Å². The largest absolute Gasteiger partial charge is 0.461 e. The van der Waals surface area contributed by atoms with Crippen LogP contribution in [0.25, 0.3) is 0 Å². The van der Waals surface area contributed by atoms with Crippen molar-refractivity contribution in [1.29, 1.82) is 0 Å². The molecule has 2 amide bonds. The van der Waals surface area contributed by atoms with Crippen LogP contribution in [-0.4, -0.2) is 31.7 Å². The van der Waals surface area contributed by atoms with Crippen LogP contribution in [0.5, 0.6) is 0 Å². The van der Waals surface area contributed by atoms with Crippen LogP contribution in [0.4, 0.5) is 4.79 Å². The van der Waals surface area contributed by atoms with Crippen molar-refractivity contribution in [1.82, 2.24) is 10.6 Å². The Kier molecular flexibility index (Phi) is 7.05. The van der Waals surface area contributed by atoms with Crippen LogP contribution in [0.15, 0.2) is 12.7 Å². The third-order valence-corrected chi connectivity index (χ3v) is 1.47. The van der Waals surface area contributed by atoms with Gasteiger partial charge in [0.1, 0.15) is 6.61 Å². The summed E-state index contributed by atoms with van der Waals surface area (Å²) in [6, 6.07) is -0.252. The molecule has 0 aromatic carbocycles. The first-order chi connectivity index (χ1) is 7.06. The number of esters is 1. The fourth-order valence-electron chi connectivity index (χ4n) is 0.734. The Bertz CT molecular complexity index is 227. The Hall–Kier alpha value is -1.52. The molecule has 5 heteroatoms. The molecule has 0 aromatic rings. The second-order valence-electron chi connectivity index (χ2n) is 3.40. The van der Waals surface area contributed by atoms with Gasteiger partial charge in [-0.3, -0.25) is 0 Å². The molecule has 0 bridgehead atoms. The van der Waals surface area contributed by atoms with E-state index in [9.17, 15) is 9.59 Å². The standard InChI is InChI=1S/C10H18N2O3/c1-4-9(13)15-6-5-11-10(14)12-7-8(2)3/h4,8H,1,5-7H2,2-3H3,(H2,11,12,14). The first-order valence-corrected chi connectivity index (χ1v) is 4.87. The predicted molar refractivity (Wildman–Crippen MR) is 57.4 cm³/mol. The fraction of sp³-hybridized carbons (Fsp3) is 0.600. The van der Waals surface area contributed by atoms with Gasteiger partial charge < -0.3 is 15.4 Å². The third-order valence-electron chi connectivity index (χ3n) is 1.47. The lowest BCUT2D eigenvalue weighted by molar-refractivity contribution is -0.137. The molecule has 0 spiro atoms. The zero-order valence-electron chi connectivity index (χ0n) is 9.21. The molecule has 86 valence electrons. The molecule has 0 aliphatic heterocycles. The van der Waals surface area contributed by atoms with E-state index in [0.717, 1.165) is 6.08 Å². The van der Waals surface area contributed by atoms with Crippen LogP contribution in [0.3, 0.4) is 0 Å². The molecule has 15 heavy (non-hydrogen) atoms. The van der Waals surface area contributed by atoms with E-state index in [1.54, 1.807) is 0 Å². The maximum atomic E-state index is 11.1. The zero-order valence-corrected chi connectivity index (χ0v) is 9.21. The average Bonchev–Trinajstić information content (AvgIpc) is 2.21. The summed E-state index contributed by atoms with van der Waals surface area (Å²) in [7, 11) is 0. The van der Waals surface area contributed by atoms with E-state index in [1.807, 2.05) is 13.8 Å². The van der Waals surface area contributed by atoms with E-state index in [1.165, 1.54) is 0 Å². The summed E-state index contributed by atoms with van der Waals surface area (Å²) in [5, 5.41) is 5.23. The van der Waals surface area contributed by atoms with Gasteiger partial charge in [-0.15, -0.1) is 0 Å². The summed E-state index contributed by atoms with van der Waals surface area (Å²) in [5.41, 5.74) is 0. The van der Waals surface area contributed by atoms with Crippen molar-refractivity contribution >= 4 is 12.0 Å². The van der Waals surface area contributed by atoms with Gasteiger partial charge in [0.2, 0.25) is 0 Å². The van der Waals surface area contributed by atoms with Crippen molar-refractivity contribution < 1.29 is 14.3 Å². The number of nitrogens with one attached hydrogen (secondary N) is 2. The second kappa shape index (κ2) is 7.84. The molecule has 0 unspecified atom stereocenters. The van der Waals surface area contributed by atoms with E-state index in [4.69, 9.17) is 0 Å². The third kappa shape index (κ3) is 8.80. The summed E-state index contributed by atoms with van der Waals surface area (Å²) in [4.78, 5) is 21.7. The quantitative estimate of drug-likeness (QED) is 0.388. The van der Waals surface area contributed by atoms with Gasteiger partial charge >= 0.3 is 12.0 Å². The summed E-state index contributed by atoms with van der Waals surface area (Å²) < 4.78 is 4.67. The Morgan fingerprint density at radius 1 is 1.40 bits per heavy atom. The van der Waals surface area contributed by atoms with Crippen LogP contribution in [0.2, 0.25) is 0 Å². The second-order valence-corrected chi connectivity index (χ2v) is 3.40. The molecule has 5 nitrogen and oxygen atoms in total. The van der Waals surface area contributed by atoms with Crippen molar-refractivity contribution in [2.75, 3.05) is 19.7 Å². The molecule has 0 rings (SSSR count). The molecule has 0 atom stereocenters. The van der Waals surface area contributed by atoms with E-state index < -0.39 is 5.97 Å². The normalized spacial score (nSPS) is 9.53. The lowest BCUT2D eigenvalue weighted by Gasteiger charge is -2.09. The monoisotopic (exact) mass is 214 g/mol. The number of carbonyl (C=O) groups is 2. The van der Waals surface area contributed by atoms with Crippen molar-refractivity contribution in [3.8, 4) is 0 Å². The fourth-order valence-corrected chi connectivity index (χ4v) is 0.734. The minimum atomic E-state index is -0.487. The highest BCUT2D eigenvalue weighted by atomic mass is 16.5. The topological polar surface area (TPSA) is 67.4 Å². The molecule has 0 saturated heterocycles. The SMILES string of the molecule is C=CC(=O)OCCNC(=O)NCC(C)C. The van der Waals surface area contributed by atoms with Gasteiger partial charge in [0, 0.05) is 12.6 Å². The highest BCUT2D eigenvalue weighted by Crippen LogP contribution is 1.86. The highest BCUT2D eigenvalue weighted by Gasteiger charge is 2.01. The van der Waals surface area contributed by atoms with Crippen LogP contribution in [-0.2, 0) is 9.53 Å². The Labute approximate surface area is 89.9 Å². The van der Waals surface area contributed by atoms with Gasteiger partial charge in [0.15, 0.2) is 0 Å². The van der Waals surface area contributed by atoms with Crippen molar-refractivity contribution in [3.63, 3.8) is 0 Å². The smallest absolute Gasteiger partial charge is 0.330 e. The van der Waals surface area contributed by atoms with Crippen LogP contribution >= 0.6 is 0 Å². The van der Waals surface area contributed by atoms with Gasteiger partial charge in [0.25, 0.3) is 0 Å². The Morgan fingerprint density at radius 3 is 2.60 bits per heavy atom. The molecule has 0 fully saturated rings. The number of ether oxygens (including phenoxy) is 1. The van der Waals surface area contributed by atoms with Gasteiger partial charge in [-0.1, -0.05) is 20.4 Å². The molecule has 0 aliphatic rings. The molecule has 0 heterocycles. The van der Waals surface area contributed by atoms with Crippen molar-refractivity contribution in [2.24, 2.45) is 5.92 Å². The lowest BCUT2D eigenvalue weighted by atomic mass is 10.2. The minimum Gasteiger partial charge on any atom is -0.461 e. The van der Waals surface area contributed by atoms with Gasteiger partial charge in [-0.2, -0.15) is 0 Å². The zero-order chi connectivity index (χ0) is 11.7. The van der Waals surface area contributed by atoms with E-state index in [0.29, 0.717) is 19.0 Å². The van der Waals surface area contributed by atoms with Crippen LogP contribution in [0, 0.1) is 5.92 Å². The average molecular weight is 214 g/mol. The Morgan fingerprint density at radius 2 is 2.07 bits per heavy atom. The van der Waals surface area contributed by atoms with Gasteiger partial charge in [-0.05, 0) is 5.92 Å². The molecular formula is C10H18N2O3. The first-order valence-electron chi connectivity index (χ1n) is 4.87. The number of rotatable bonds is 6. The number of urea groups is 1. The predicted octanol–water partition coefficient (Wildman–Crippen LogP) is 0.671. The van der Waals surface area contributed by atoms with Gasteiger partial charge in [-0.25, -0.2) is 9.59 Å². The molecule has 2 N–H and O–H groups in total. The molecule has 0 radical (unpaired) electrons. The summed E-state index contributed by atoms with van der Waals surface area (Å²) >= 11 is 0. The molecule has 0 aliphatic carbocycles. The number of amides is 2. The van der Waals surface area contributed by atoms with E-state index in [2.05, 4.69) is 21.9 Å². The Balaban J connectivity index is 3.39. The number of hydrogen-bond acceptors (Lipinski definition) is 3. The first kappa shape index (κ1) is 13.5. The van der Waals surface area contributed by atoms with E-state index >= 15 is 0 Å². The summed E-state index contributed by atoms with van der Waals surface area (Å²) in [5.74, 6) is -0.0752. The summed E-state index contributed by atoms with van der Waals surface area (Å²) in [6.07, 6.45) is 1.08. The molecule has 0 aromatic heterocycles.